The molecular weight excluding hydrogens is 371 g/mol. The van der Waals surface area contributed by atoms with E-state index in [0.717, 1.165) is 23.2 Å². The number of ether oxygens (including phenoxy) is 2. The van der Waals surface area contributed by atoms with E-state index in [0.29, 0.717) is 24.9 Å². The topological polar surface area (TPSA) is 59.6 Å². The van der Waals surface area contributed by atoms with E-state index in [4.69, 9.17) is 9.47 Å². The summed E-state index contributed by atoms with van der Waals surface area (Å²) in [6.45, 7) is 6.88. The Labute approximate surface area is 171 Å². The Morgan fingerprint density at radius 1 is 1.10 bits per heavy atom. The Balaban J connectivity index is 1.63. The third kappa shape index (κ3) is 7.38. The van der Waals surface area contributed by atoms with Gasteiger partial charge in [0.15, 0.2) is 0 Å². The Morgan fingerprint density at radius 3 is 2.48 bits per heavy atom. The molecule has 0 radical (unpaired) electrons. The van der Waals surface area contributed by atoms with Crippen LogP contribution in [-0.2, 0) is 11.3 Å². The van der Waals surface area contributed by atoms with E-state index in [1.807, 2.05) is 32.9 Å². The second kappa shape index (κ2) is 9.27. The highest BCUT2D eigenvalue weighted by Gasteiger charge is 2.20. The van der Waals surface area contributed by atoms with Crippen molar-refractivity contribution in [2.45, 2.75) is 51.8 Å². The summed E-state index contributed by atoms with van der Waals surface area (Å²) in [5, 5.41) is 6.19. The van der Waals surface area contributed by atoms with Crippen LogP contribution in [0.25, 0.3) is 11.1 Å². The molecule has 0 aromatic heterocycles. The van der Waals surface area contributed by atoms with Gasteiger partial charge in [-0.25, -0.2) is 9.18 Å². The van der Waals surface area contributed by atoms with Crippen molar-refractivity contribution in [1.82, 2.24) is 10.6 Å². The molecule has 0 saturated heterocycles. The lowest BCUT2D eigenvalue weighted by atomic mass is 10.0. The van der Waals surface area contributed by atoms with Crippen LogP contribution in [0.2, 0.25) is 0 Å². The first-order valence-corrected chi connectivity index (χ1v) is 10.0. The van der Waals surface area contributed by atoms with Crippen LogP contribution in [0.4, 0.5) is 9.18 Å². The lowest BCUT2D eigenvalue weighted by Gasteiger charge is -2.19. The zero-order valence-corrected chi connectivity index (χ0v) is 17.3. The van der Waals surface area contributed by atoms with Crippen molar-refractivity contribution in [3.8, 4) is 16.9 Å². The molecule has 3 rings (SSSR count). The average molecular weight is 400 g/mol. The Hall–Kier alpha value is -2.60. The van der Waals surface area contributed by atoms with Crippen molar-refractivity contribution in [3.63, 3.8) is 0 Å². The molecule has 6 heteroatoms. The van der Waals surface area contributed by atoms with Gasteiger partial charge in [-0.05, 0) is 80.6 Å². The molecule has 2 aromatic rings. The number of hydrogen-bond acceptors (Lipinski definition) is 4. The third-order valence-electron chi connectivity index (χ3n) is 4.36. The summed E-state index contributed by atoms with van der Waals surface area (Å²) in [5.74, 6) is 0.454. The monoisotopic (exact) mass is 400 g/mol. The summed E-state index contributed by atoms with van der Waals surface area (Å²) >= 11 is 0. The lowest BCUT2D eigenvalue weighted by molar-refractivity contribution is 0.0520. The maximum atomic E-state index is 13.3. The highest BCUT2D eigenvalue weighted by atomic mass is 19.1. The number of rotatable bonds is 8. The van der Waals surface area contributed by atoms with Gasteiger partial charge in [0.2, 0.25) is 0 Å². The van der Waals surface area contributed by atoms with Crippen molar-refractivity contribution in [2.75, 3.05) is 13.2 Å². The number of hydrogen-bond donors (Lipinski definition) is 2. The van der Waals surface area contributed by atoms with Gasteiger partial charge < -0.3 is 20.1 Å². The van der Waals surface area contributed by atoms with Gasteiger partial charge in [0.25, 0.3) is 0 Å². The van der Waals surface area contributed by atoms with Crippen LogP contribution in [0.15, 0.2) is 42.5 Å². The van der Waals surface area contributed by atoms with Crippen LogP contribution in [0.5, 0.6) is 5.75 Å². The molecule has 1 saturated carbocycles. The molecule has 0 aliphatic heterocycles. The molecule has 0 atom stereocenters. The van der Waals surface area contributed by atoms with Crippen LogP contribution in [0, 0.1) is 5.82 Å². The number of amides is 1. The summed E-state index contributed by atoms with van der Waals surface area (Å²) in [6, 6.07) is 13.1. The third-order valence-corrected chi connectivity index (χ3v) is 4.36. The molecule has 5 nitrogen and oxygen atoms in total. The molecule has 0 spiro atoms. The van der Waals surface area contributed by atoms with Crippen LogP contribution >= 0.6 is 0 Å². The van der Waals surface area contributed by atoms with E-state index in [1.54, 1.807) is 12.1 Å². The lowest BCUT2D eigenvalue weighted by Crippen LogP contribution is -2.34. The minimum atomic E-state index is -0.530. The van der Waals surface area contributed by atoms with Gasteiger partial charge in [0.1, 0.15) is 23.8 Å². The van der Waals surface area contributed by atoms with Crippen molar-refractivity contribution in [2.24, 2.45) is 0 Å². The summed E-state index contributed by atoms with van der Waals surface area (Å²) in [7, 11) is 0. The number of carbonyl (C=O) groups is 1. The van der Waals surface area contributed by atoms with Gasteiger partial charge >= 0.3 is 6.09 Å². The van der Waals surface area contributed by atoms with Crippen molar-refractivity contribution >= 4 is 6.09 Å². The Morgan fingerprint density at radius 2 is 1.83 bits per heavy atom. The van der Waals surface area contributed by atoms with Crippen LogP contribution < -0.4 is 15.4 Å². The standard InChI is InChI=1S/C23H29FN2O3/c1-23(2,3)29-22(27)25-10-11-28-21-13-16(15-26-20-8-9-20)12-18(14-21)17-4-6-19(24)7-5-17/h4-7,12-14,20,26H,8-11,15H2,1-3H3,(H,25,27). The van der Waals surface area contributed by atoms with E-state index < -0.39 is 11.7 Å². The molecular formula is C23H29FN2O3. The van der Waals surface area contributed by atoms with Crippen LogP contribution in [-0.4, -0.2) is 30.9 Å². The minimum Gasteiger partial charge on any atom is -0.492 e. The number of halogens is 1. The number of nitrogens with one attached hydrogen (secondary N) is 2. The normalized spacial score (nSPS) is 13.8. The molecule has 1 amide bonds. The quantitative estimate of drug-likeness (QED) is 0.634. The van der Waals surface area contributed by atoms with Gasteiger partial charge in [0, 0.05) is 12.6 Å². The average Bonchev–Trinajstić information content (AvgIpc) is 3.47. The van der Waals surface area contributed by atoms with Crippen LogP contribution in [0.1, 0.15) is 39.2 Å². The largest absolute Gasteiger partial charge is 0.492 e. The first kappa shape index (κ1) is 21.1. The number of benzene rings is 2. The molecule has 1 aliphatic rings. The maximum Gasteiger partial charge on any atom is 0.407 e. The molecule has 2 N–H and O–H groups in total. The fourth-order valence-corrected chi connectivity index (χ4v) is 2.84. The fourth-order valence-electron chi connectivity index (χ4n) is 2.84. The van der Waals surface area contributed by atoms with E-state index >= 15 is 0 Å². The van der Waals surface area contributed by atoms with Crippen LogP contribution in [0.3, 0.4) is 0 Å². The SMILES string of the molecule is CC(C)(C)OC(=O)NCCOc1cc(CNC2CC2)cc(-c2ccc(F)cc2)c1. The summed E-state index contributed by atoms with van der Waals surface area (Å²) < 4.78 is 24.3. The highest BCUT2D eigenvalue weighted by Crippen LogP contribution is 2.27. The second-order valence-electron chi connectivity index (χ2n) is 8.30. The zero-order valence-electron chi connectivity index (χ0n) is 17.3. The smallest absolute Gasteiger partial charge is 0.407 e. The number of carbonyl (C=O) groups excluding carboxylic acids is 1. The minimum absolute atomic E-state index is 0.259. The van der Waals surface area contributed by atoms with Crippen molar-refractivity contribution in [3.05, 3.63) is 53.8 Å². The second-order valence-corrected chi connectivity index (χ2v) is 8.30. The van der Waals surface area contributed by atoms with Gasteiger partial charge in [-0.2, -0.15) is 0 Å². The molecule has 0 heterocycles. The van der Waals surface area contributed by atoms with Gasteiger partial charge in [-0.1, -0.05) is 12.1 Å². The molecule has 0 unspecified atom stereocenters. The first-order valence-electron chi connectivity index (χ1n) is 10.0. The van der Waals surface area contributed by atoms with Gasteiger partial charge in [-0.3, -0.25) is 0 Å². The Kier molecular flexibility index (Phi) is 6.75. The Bertz CT molecular complexity index is 827. The van der Waals surface area contributed by atoms with Gasteiger partial charge in [-0.15, -0.1) is 0 Å². The summed E-state index contributed by atoms with van der Waals surface area (Å²) in [4.78, 5) is 11.7. The predicted octanol–water partition coefficient (Wildman–Crippen LogP) is 4.65. The fraction of sp³-hybridized carbons (Fsp3) is 0.435. The molecule has 2 aromatic carbocycles. The van der Waals surface area contributed by atoms with E-state index in [1.165, 1.54) is 25.0 Å². The predicted molar refractivity (Wildman–Crippen MR) is 111 cm³/mol. The zero-order chi connectivity index (χ0) is 20.9. The molecule has 1 aliphatic carbocycles. The first-order chi connectivity index (χ1) is 13.8. The summed E-state index contributed by atoms with van der Waals surface area (Å²) in [5.41, 5.74) is 2.47. The summed E-state index contributed by atoms with van der Waals surface area (Å²) in [6.07, 6.45) is 1.98. The molecule has 0 bridgehead atoms. The van der Waals surface area contributed by atoms with Gasteiger partial charge in [0.05, 0.1) is 6.54 Å². The van der Waals surface area contributed by atoms with Crippen molar-refractivity contribution in [1.29, 1.82) is 0 Å². The molecule has 1 fully saturated rings. The maximum absolute atomic E-state index is 13.3. The highest BCUT2D eigenvalue weighted by molar-refractivity contribution is 5.67. The van der Waals surface area contributed by atoms with E-state index in [-0.39, 0.29) is 5.82 Å². The van der Waals surface area contributed by atoms with E-state index in [9.17, 15) is 9.18 Å². The van der Waals surface area contributed by atoms with Crippen molar-refractivity contribution < 1.29 is 18.7 Å². The number of alkyl carbamates (subject to hydrolysis) is 1. The van der Waals surface area contributed by atoms with E-state index in [2.05, 4.69) is 16.7 Å². The molecule has 29 heavy (non-hydrogen) atoms. The molecule has 156 valence electrons.